The van der Waals surface area contributed by atoms with Crippen LogP contribution in [-0.4, -0.2) is 12.1 Å². The molecule has 0 unspecified atom stereocenters. The molecule has 0 fully saturated rings. The molecule has 0 aliphatic heterocycles. The molecular formula is C7H5BrF2INO. The maximum atomic E-state index is 12.5. The summed E-state index contributed by atoms with van der Waals surface area (Å²) in [5.41, 5.74) is -0.200. The Balaban J connectivity index is 3.35. The summed E-state index contributed by atoms with van der Waals surface area (Å²) in [4.78, 5) is 3.76. The molecule has 0 radical (unpaired) electrons. The first-order chi connectivity index (χ1) is 6.07. The van der Waals surface area contributed by atoms with Crippen molar-refractivity contribution in [2.75, 3.05) is 7.11 Å². The van der Waals surface area contributed by atoms with Gasteiger partial charge >= 0.3 is 0 Å². The van der Waals surface area contributed by atoms with E-state index in [4.69, 9.17) is 4.74 Å². The second-order valence-electron chi connectivity index (χ2n) is 2.14. The van der Waals surface area contributed by atoms with Gasteiger partial charge in [-0.15, -0.1) is 0 Å². The lowest BCUT2D eigenvalue weighted by Crippen LogP contribution is -1.98. The van der Waals surface area contributed by atoms with Crippen LogP contribution in [0.1, 0.15) is 12.0 Å². The minimum atomic E-state index is -2.59. The van der Waals surface area contributed by atoms with Crippen LogP contribution >= 0.6 is 38.5 Å². The molecule has 1 rings (SSSR count). The van der Waals surface area contributed by atoms with Crippen molar-refractivity contribution in [2.45, 2.75) is 6.43 Å². The summed E-state index contributed by atoms with van der Waals surface area (Å²) in [7, 11) is 1.36. The number of hydrogen-bond acceptors (Lipinski definition) is 2. The molecule has 0 atom stereocenters. The van der Waals surface area contributed by atoms with Crippen LogP contribution in [0, 0.1) is 3.57 Å². The van der Waals surface area contributed by atoms with Crippen molar-refractivity contribution in [3.63, 3.8) is 0 Å². The Labute approximate surface area is 96.0 Å². The molecule has 1 aromatic heterocycles. The predicted octanol–water partition coefficient (Wildman–Crippen LogP) is 3.39. The first kappa shape index (κ1) is 11.1. The molecule has 0 aliphatic carbocycles. The van der Waals surface area contributed by atoms with E-state index in [1.165, 1.54) is 13.3 Å². The molecule has 1 aromatic rings. The van der Waals surface area contributed by atoms with Crippen molar-refractivity contribution in [1.29, 1.82) is 0 Å². The quantitative estimate of drug-likeness (QED) is 0.593. The van der Waals surface area contributed by atoms with Crippen LogP contribution in [-0.2, 0) is 0 Å². The highest BCUT2D eigenvalue weighted by molar-refractivity contribution is 14.1. The van der Waals surface area contributed by atoms with Gasteiger partial charge in [-0.3, -0.25) is 0 Å². The highest BCUT2D eigenvalue weighted by atomic mass is 127. The molecule has 1 heterocycles. The third kappa shape index (κ3) is 2.28. The fraction of sp³-hybridized carbons (Fsp3) is 0.286. The van der Waals surface area contributed by atoms with Crippen LogP contribution in [0.25, 0.3) is 0 Å². The predicted molar refractivity (Wildman–Crippen MR) is 56.2 cm³/mol. The number of pyridine rings is 1. The molecule has 0 amide bonds. The maximum absolute atomic E-state index is 12.5. The molecular weight excluding hydrogens is 359 g/mol. The number of rotatable bonds is 2. The van der Waals surface area contributed by atoms with E-state index in [2.05, 4.69) is 20.9 Å². The van der Waals surface area contributed by atoms with Gasteiger partial charge in [-0.2, -0.15) is 0 Å². The van der Waals surface area contributed by atoms with Crippen molar-refractivity contribution in [1.82, 2.24) is 4.98 Å². The Morgan fingerprint density at radius 2 is 2.23 bits per heavy atom. The van der Waals surface area contributed by atoms with E-state index in [1.54, 1.807) is 0 Å². The van der Waals surface area contributed by atoms with Crippen LogP contribution in [0.5, 0.6) is 5.75 Å². The molecule has 2 nitrogen and oxygen atoms in total. The molecule has 6 heteroatoms. The Kier molecular flexibility index (Phi) is 3.84. The summed E-state index contributed by atoms with van der Waals surface area (Å²) in [5.74, 6) is 0.178. The van der Waals surface area contributed by atoms with Gasteiger partial charge in [-0.05, 0) is 38.5 Å². The number of methoxy groups -OCH3 is 1. The number of aromatic nitrogens is 1. The van der Waals surface area contributed by atoms with E-state index in [9.17, 15) is 8.78 Å². The number of ether oxygens (including phenoxy) is 1. The third-order valence-electron chi connectivity index (χ3n) is 1.40. The van der Waals surface area contributed by atoms with Gasteiger partial charge in [0.15, 0.2) is 0 Å². The number of halogens is 4. The summed E-state index contributed by atoms with van der Waals surface area (Å²) in [6, 6.07) is 0. The van der Waals surface area contributed by atoms with Gasteiger partial charge in [0.25, 0.3) is 6.43 Å². The highest BCUT2D eigenvalue weighted by Crippen LogP contribution is 2.36. The Bertz CT molecular complexity index is 322. The smallest absolute Gasteiger partial charge is 0.270 e. The van der Waals surface area contributed by atoms with Gasteiger partial charge in [0.1, 0.15) is 10.4 Å². The zero-order chi connectivity index (χ0) is 10.0. The lowest BCUT2D eigenvalue weighted by atomic mass is 10.3. The zero-order valence-electron chi connectivity index (χ0n) is 6.52. The number of hydrogen-bond donors (Lipinski definition) is 0. The summed E-state index contributed by atoms with van der Waals surface area (Å²) >= 11 is 4.84. The minimum Gasteiger partial charge on any atom is -0.495 e. The van der Waals surface area contributed by atoms with E-state index in [1.807, 2.05) is 22.6 Å². The van der Waals surface area contributed by atoms with Crippen LogP contribution in [0.2, 0.25) is 0 Å². The monoisotopic (exact) mass is 363 g/mol. The molecule has 72 valence electrons. The van der Waals surface area contributed by atoms with Crippen molar-refractivity contribution in [3.05, 3.63) is 19.9 Å². The Hall–Kier alpha value is 0.0200. The van der Waals surface area contributed by atoms with Crippen LogP contribution in [0.4, 0.5) is 8.78 Å². The fourth-order valence-electron chi connectivity index (χ4n) is 0.860. The topological polar surface area (TPSA) is 22.1 Å². The van der Waals surface area contributed by atoms with Crippen LogP contribution in [0.3, 0.4) is 0 Å². The average molecular weight is 364 g/mol. The van der Waals surface area contributed by atoms with Crippen molar-refractivity contribution in [3.8, 4) is 5.75 Å². The number of alkyl halides is 2. The van der Waals surface area contributed by atoms with E-state index in [-0.39, 0.29) is 15.9 Å². The first-order valence-electron chi connectivity index (χ1n) is 3.24. The SMILES string of the molecule is COc1c(I)cnc(Br)c1C(F)F. The maximum Gasteiger partial charge on any atom is 0.270 e. The summed E-state index contributed by atoms with van der Waals surface area (Å²) in [5, 5.41) is 0. The standard InChI is InChI=1S/C7H5BrF2INO/c1-13-5-3(11)2-12-6(8)4(5)7(9)10/h2,7H,1H3. The summed E-state index contributed by atoms with van der Waals surface area (Å²) < 4.78 is 30.6. The van der Waals surface area contributed by atoms with Crippen LogP contribution in [0.15, 0.2) is 10.8 Å². The average Bonchev–Trinajstić information content (AvgIpc) is 2.07. The van der Waals surface area contributed by atoms with Crippen molar-refractivity contribution in [2.24, 2.45) is 0 Å². The van der Waals surface area contributed by atoms with E-state index in [0.717, 1.165) is 0 Å². The minimum absolute atomic E-state index is 0.125. The van der Waals surface area contributed by atoms with Gasteiger partial charge in [0.2, 0.25) is 0 Å². The van der Waals surface area contributed by atoms with Gasteiger partial charge < -0.3 is 4.74 Å². The second kappa shape index (κ2) is 4.50. The molecule has 0 aromatic carbocycles. The molecule has 0 bridgehead atoms. The summed E-state index contributed by atoms with van der Waals surface area (Å²) in [6.07, 6.45) is -1.12. The molecule has 0 spiro atoms. The van der Waals surface area contributed by atoms with E-state index in [0.29, 0.717) is 3.57 Å². The van der Waals surface area contributed by atoms with E-state index < -0.39 is 6.43 Å². The van der Waals surface area contributed by atoms with Gasteiger partial charge in [-0.1, -0.05) is 0 Å². The Morgan fingerprint density at radius 1 is 1.62 bits per heavy atom. The van der Waals surface area contributed by atoms with Gasteiger partial charge in [0, 0.05) is 6.20 Å². The Morgan fingerprint density at radius 3 is 2.62 bits per heavy atom. The second-order valence-corrected chi connectivity index (χ2v) is 4.06. The molecule has 0 saturated heterocycles. The lowest BCUT2D eigenvalue weighted by Gasteiger charge is -2.10. The van der Waals surface area contributed by atoms with E-state index >= 15 is 0 Å². The molecule has 0 saturated carbocycles. The summed E-state index contributed by atoms with van der Waals surface area (Å²) in [6.45, 7) is 0. The number of nitrogens with zero attached hydrogens (tertiary/aromatic N) is 1. The lowest BCUT2D eigenvalue weighted by molar-refractivity contribution is 0.145. The third-order valence-corrected chi connectivity index (χ3v) is 2.80. The van der Waals surface area contributed by atoms with Crippen LogP contribution < -0.4 is 4.74 Å². The first-order valence-corrected chi connectivity index (χ1v) is 5.11. The van der Waals surface area contributed by atoms with Gasteiger partial charge in [0.05, 0.1) is 16.2 Å². The van der Waals surface area contributed by atoms with Crippen molar-refractivity contribution < 1.29 is 13.5 Å². The molecule has 0 aliphatic rings. The largest absolute Gasteiger partial charge is 0.495 e. The fourth-order valence-corrected chi connectivity index (χ4v) is 1.97. The highest BCUT2D eigenvalue weighted by Gasteiger charge is 2.20. The normalized spacial score (nSPS) is 10.6. The molecule has 0 N–H and O–H groups in total. The molecule has 13 heavy (non-hydrogen) atoms. The zero-order valence-corrected chi connectivity index (χ0v) is 10.3. The van der Waals surface area contributed by atoms with Gasteiger partial charge in [-0.25, -0.2) is 13.8 Å². The van der Waals surface area contributed by atoms with Crippen molar-refractivity contribution >= 4 is 38.5 Å².